The van der Waals surface area contributed by atoms with E-state index in [1.165, 1.54) is 22.4 Å². The number of hydrogen-bond donors (Lipinski definition) is 1. The fourth-order valence-electron chi connectivity index (χ4n) is 2.72. The Labute approximate surface area is 126 Å². The van der Waals surface area contributed by atoms with Crippen LogP contribution in [-0.4, -0.2) is 16.5 Å². The van der Waals surface area contributed by atoms with Gasteiger partial charge in [0, 0.05) is 36.6 Å². The van der Waals surface area contributed by atoms with Crippen molar-refractivity contribution in [3.63, 3.8) is 0 Å². The summed E-state index contributed by atoms with van der Waals surface area (Å²) in [5.41, 5.74) is 6.10. The topological polar surface area (TPSA) is 37.8 Å². The average Bonchev–Trinajstić information content (AvgIpc) is 2.54. The molecule has 2 heterocycles. The molecule has 1 aromatic heterocycles. The number of aryl methyl sites for hydroxylation is 1. The van der Waals surface area contributed by atoms with Gasteiger partial charge in [0.15, 0.2) is 0 Å². The minimum Gasteiger partial charge on any atom is -0.312 e. The lowest BCUT2D eigenvalue weighted by Crippen LogP contribution is -2.26. The lowest BCUT2D eigenvalue weighted by molar-refractivity contribution is 0.605. The van der Waals surface area contributed by atoms with Crippen LogP contribution in [0.5, 0.6) is 0 Å². The molecule has 0 saturated heterocycles. The molecule has 0 aliphatic carbocycles. The smallest absolute Gasteiger partial charge is 0.132 e. The first kappa shape index (κ1) is 14.2. The molecule has 0 fully saturated rings. The molecule has 0 spiro atoms. The molecule has 2 aromatic rings. The first-order valence-corrected chi connectivity index (χ1v) is 7.86. The Hall–Kier alpha value is -1.74. The van der Waals surface area contributed by atoms with Gasteiger partial charge in [-0.3, -0.25) is 0 Å². The van der Waals surface area contributed by atoms with E-state index < -0.39 is 0 Å². The van der Waals surface area contributed by atoms with Gasteiger partial charge in [-0.05, 0) is 13.3 Å². The van der Waals surface area contributed by atoms with Crippen LogP contribution in [-0.2, 0) is 13.0 Å². The molecular formula is C18H23N3. The summed E-state index contributed by atoms with van der Waals surface area (Å²) in [6, 6.07) is 8.66. The average molecular weight is 281 g/mol. The third-order valence-electron chi connectivity index (χ3n) is 4.33. The van der Waals surface area contributed by atoms with Gasteiger partial charge in [-0.1, -0.05) is 43.7 Å². The summed E-state index contributed by atoms with van der Waals surface area (Å²) in [4.78, 5) is 9.74. The molecule has 0 amide bonds. The van der Waals surface area contributed by atoms with E-state index in [0.29, 0.717) is 5.92 Å². The van der Waals surface area contributed by atoms with E-state index in [2.05, 4.69) is 50.4 Å². The van der Waals surface area contributed by atoms with Crippen molar-refractivity contribution in [3.8, 4) is 11.3 Å². The maximum atomic E-state index is 4.91. The number of hydrogen-bond acceptors (Lipinski definition) is 3. The molecular weight excluding hydrogens is 258 g/mol. The molecule has 1 atom stereocenters. The van der Waals surface area contributed by atoms with Crippen LogP contribution in [0.25, 0.3) is 11.3 Å². The van der Waals surface area contributed by atoms with Crippen molar-refractivity contribution in [2.45, 2.75) is 46.1 Å². The predicted molar refractivity (Wildman–Crippen MR) is 86.3 cm³/mol. The van der Waals surface area contributed by atoms with Gasteiger partial charge in [0.25, 0.3) is 0 Å². The highest BCUT2D eigenvalue weighted by atomic mass is 15.0. The monoisotopic (exact) mass is 281 g/mol. The van der Waals surface area contributed by atoms with E-state index in [4.69, 9.17) is 9.97 Å². The minimum atomic E-state index is 0.411. The number of nitrogens with zero attached hydrogens (tertiary/aromatic N) is 2. The van der Waals surface area contributed by atoms with Gasteiger partial charge >= 0.3 is 0 Å². The molecule has 1 aliphatic rings. The van der Waals surface area contributed by atoms with Gasteiger partial charge in [0.05, 0.1) is 11.4 Å². The van der Waals surface area contributed by atoms with Crippen molar-refractivity contribution in [2.75, 3.05) is 6.54 Å². The zero-order valence-electron chi connectivity index (χ0n) is 13.1. The number of fused-ring (bicyclic) bond motifs is 1. The van der Waals surface area contributed by atoms with Crippen molar-refractivity contribution >= 4 is 0 Å². The molecule has 0 saturated carbocycles. The predicted octanol–water partition coefficient (Wildman–Crippen LogP) is 3.61. The van der Waals surface area contributed by atoms with Crippen LogP contribution in [0.2, 0.25) is 0 Å². The summed E-state index contributed by atoms with van der Waals surface area (Å²) < 4.78 is 0. The Balaban J connectivity index is 2.14. The second-order valence-electron chi connectivity index (χ2n) is 5.96. The van der Waals surface area contributed by atoms with Gasteiger partial charge in [0.2, 0.25) is 0 Å². The van der Waals surface area contributed by atoms with Crippen molar-refractivity contribution in [1.82, 2.24) is 15.3 Å². The van der Waals surface area contributed by atoms with Crippen LogP contribution in [0.1, 0.15) is 48.8 Å². The molecule has 0 radical (unpaired) electrons. The third-order valence-corrected chi connectivity index (χ3v) is 4.33. The zero-order chi connectivity index (χ0) is 14.8. The number of nitrogens with one attached hydrogen (secondary N) is 1. The van der Waals surface area contributed by atoms with Crippen LogP contribution in [0.4, 0.5) is 0 Å². The van der Waals surface area contributed by atoms with Gasteiger partial charge < -0.3 is 5.32 Å². The van der Waals surface area contributed by atoms with Crippen molar-refractivity contribution in [3.05, 3.63) is 46.9 Å². The van der Waals surface area contributed by atoms with Gasteiger partial charge in [-0.2, -0.15) is 0 Å². The Kier molecular flexibility index (Phi) is 4.02. The molecule has 110 valence electrons. The first-order valence-electron chi connectivity index (χ1n) is 7.86. The van der Waals surface area contributed by atoms with Crippen LogP contribution in [0, 0.1) is 6.92 Å². The Morgan fingerprint density at radius 1 is 1.19 bits per heavy atom. The van der Waals surface area contributed by atoms with Crippen molar-refractivity contribution in [2.24, 2.45) is 0 Å². The molecule has 0 bridgehead atoms. The zero-order valence-corrected chi connectivity index (χ0v) is 13.1. The van der Waals surface area contributed by atoms with E-state index in [1.54, 1.807) is 0 Å². The molecule has 1 N–H and O–H groups in total. The molecule has 1 unspecified atom stereocenters. The van der Waals surface area contributed by atoms with Gasteiger partial charge in [-0.15, -0.1) is 0 Å². The summed E-state index contributed by atoms with van der Waals surface area (Å²) in [6.07, 6.45) is 2.07. The molecule has 21 heavy (non-hydrogen) atoms. The molecule has 3 heteroatoms. The van der Waals surface area contributed by atoms with Crippen LogP contribution < -0.4 is 5.32 Å². The summed E-state index contributed by atoms with van der Waals surface area (Å²) in [5.74, 6) is 1.41. The summed E-state index contributed by atoms with van der Waals surface area (Å²) in [7, 11) is 0. The Morgan fingerprint density at radius 2 is 1.95 bits per heavy atom. The molecule has 3 rings (SSSR count). The Bertz CT molecular complexity index is 632. The van der Waals surface area contributed by atoms with E-state index in [0.717, 1.165) is 37.4 Å². The highest BCUT2D eigenvalue weighted by Gasteiger charge is 2.20. The molecule has 3 nitrogen and oxygen atoms in total. The second-order valence-corrected chi connectivity index (χ2v) is 5.96. The van der Waals surface area contributed by atoms with Crippen LogP contribution in [0.15, 0.2) is 24.3 Å². The van der Waals surface area contributed by atoms with Crippen LogP contribution >= 0.6 is 0 Å². The fourth-order valence-corrected chi connectivity index (χ4v) is 2.72. The normalized spacial score (nSPS) is 15.6. The van der Waals surface area contributed by atoms with Crippen molar-refractivity contribution < 1.29 is 0 Å². The van der Waals surface area contributed by atoms with E-state index in [-0.39, 0.29) is 0 Å². The third kappa shape index (κ3) is 2.84. The van der Waals surface area contributed by atoms with Gasteiger partial charge in [-0.25, -0.2) is 9.97 Å². The second kappa shape index (κ2) is 5.94. The Morgan fingerprint density at radius 3 is 2.67 bits per heavy atom. The summed E-state index contributed by atoms with van der Waals surface area (Å²) in [5, 5.41) is 3.45. The summed E-state index contributed by atoms with van der Waals surface area (Å²) in [6.45, 7) is 8.41. The number of benzene rings is 1. The van der Waals surface area contributed by atoms with Gasteiger partial charge in [0.1, 0.15) is 5.82 Å². The number of rotatable bonds is 3. The largest absolute Gasteiger partial charge is 0.312 e. The highest BCUT2D eigenvalue weighted by molar-refractivity contribution is 5.64. The quantitative estimate of drug-likeness (QED) is 0.934. The van der Waals surface area contributed by atoms with E-state index >= 15 is 0 Å². The summed E-state index contributed by atoms with van der Waals surface area (Å²) >= 11 is 0. The van der Waals surface area contributed by atoms with E-state index in [1.807, 2.05) is 0 Å². The standard InChI is InChI=1S/C18H23N3/c1-4-13(3)18-20-16-9-10-19-11-15(16)17(21-18)14-7-5-12(2)6-8-14/h5-8,13,19H,4,9-11H2,1-3H3. The minimum absolute atomic E-state index is 0.411. The lowest BCUT2D eigenvalue weighted by atomic mass is 9.98. The van der Waals surface area contributed by atoms with E-state index in [9.17, 15) is 0 Å². The highest BCUT2D eigenvalue weighted by Crippen LogP contribution is 2.28. The molecule has 1 aromatic carbocycles. The van der Waals surface area contributed by atoms with Crippen LogP contribution in [0.3, 0.4) is 0 Å². The fraction of sp³-hybridized carbons (Fsp3) is 0.444. The maximum Gasteiger partial charge on any atom is 0.132 e. The van der Waals surface area contributed by atoms with Crippen molar-refractivity contribution in [1.29, 1.82) is 0 Å². The SMILES string of the molecule is CCC(C)c1nc2c(c(-c3ccc(C)cc3)n1)CNCC2. The number of aromatic nitrogens is 2. The first-order chi connectivity index (χ1) is 10.2. The molecule has 1 aliphatic heterocycles. The maximum absolute atomic E-state index is 4.91. The lowest BCUT2D eigenvalue weighted by Gasteiger charge is -2.21.